The first kappa shape index (κ1) is 24.3. The fourth-order valence-electron chi connectivity index (χ4n) is 5.82. The molecule has 4 atom stereocenters. The summed E-state index contributed by atoms with van der Waals surface area (Å²) in [6, 6.07) is 10.8. The first-order valence-corrected chi connectivity index (χ1v) is 11.9. The van der Waals surface area contributed by atoms with E-state index in [1.54, 1.807) is 12.1 Å². The van der Waals surface area contributed by atoms with Gasteiger partial charge in [0.1, 0.15) is 12.4 Å². The fraction of sp³-hybridized carbons (Fsp3) is 0.357. The van der Waals surface area contributed by atoms with E-state index in [4.69, 9.17) is 14.6 Å². The molecule has 2 aromatic carbocycles. The Hall–Kier alpha value is -3.42. The average molecular weight is 500 g/mol. The zero-order chi connectivity index (χ0) is 25.6. The maximum absolute atomic E-state index is 14.9. The van der Waals surface area contributed by atoms with E-state index in [1.165, 1.54) is 35.7 Å². The molecule has 4 unspecified atom stereocenters. The van der Waals surface area contributed by atoms with Gasteiger partial charge in [-0.1, -0.05) is 25.1 Å². The van der Waals surface area contributed by atoms with Gasteiger partial charge < -0.3 is 9.84 Å². The predicted octanol–water partition coefficient (Wildman–Crippen LogP) is 6.82. The number of fused-ring (bicyclic) bond motifs is 4. The highest BCUT2D eigenvalue weighted by Gasteiger charge is 2.45. The van der Waals surface area contributed by atoms with Gasteiger partial charge in [0, 0.05) is 23.7 Å². The molecule has 36 heavy (non-hydrogen) atoms. The number of hydrogen-bond acceptors (Lipinski definition) is 3. The quantitative estimate of drug-likeness (QED) is 0.316. The minimum Gasteiger partial charge on any atom is -0.483 e. The molecule has 4 nitrogen and oxygen atoms in total. The summed E-state index contributed by atoms with van der Waals surface area (Å²) in [5.41, 5.74) is 4.03. The number of aromatic nitrogens is 1. The lowest BCUT2D eigenvalue weighted by atomic mass is 9.88. The van der Waals surface area contributed by atoms with Crippen LogP contribution < -0.4 is 4.74 Å². The van der Waals surface area contributed by atoms with Gasteiger partial charge in [-0.25, -0.2) is 9.37 Å². The van der Waals surface area contributed by atoms with E-state index in [-0.39, 0.29) is 24.6 Å². The monoisotopic (exact) mass is 499 g/mol. The van der Waals surface area contributed by atoms with E-state index in [0.29, 0.717) is 23.8 Å². The number of nitrogens with zero attached hydrogens (tertiary/aromatic N) is 1. The Labute approximate surface area is 205 Å². The van der Waals surface area contributed by atoms with Crippen LogP contribution in [0, 0.1) is 11.7 Å². The Morgan fingerprint density at radius 1 is 1.08 bits per heavy atom. The van der Waals surface area contributed by atoms with Gasteiger partial charge in [-0.2, -0.15) is 13.2 Å². The van der Waals surface area contributed by atoms with Crippen molar-refractivity contribution in [1.29, 1.82) is 0 Å². The molecule has 0 aliphatic heterocycles. The summed E-state index contributed by atoms with van der Waals surface area (Å²) in [6.07, 6.45) is 0.235. The number of alkyl halides is 3. The Bertz CT molecular complexity index is 1310. The van der Waals surface area contributed by atoms with Crippen LogP contribution in [0.1, 0.15) is 76.5 Å². The normalized spacial score (nSPS) is 23.1. The van der Waals surface area contributed by atoms with Crippen molar-refractivity contribution in [3.63, 3.8) is 0 Å². The maximum Gasteiger partial charge on any atom is 0.416 e. The van der Waals surface area contributed by atoms with Gasteiger partial charge >= 0.3 is 6.18 Å². The lowest BCUT2D eigenvalue weighted by molar-refractivity contribution is -0.138. The largest absolute Gasteiger partial charge is 0.483 e. The molecule has 0 radical (unpaired) electrons. The molecule has 1 N–H and O–H groups in total. The van der Waals surface area contributed by atoms with Gasteiger partial charge in [-0.15, -0.1) is 0 Å². The highest BCUT2D eigenvalue weighted by Crippen LogP contribution is 2.56. The van der Waals surface area contributed by atoms with Crippen LogP contribution in [0.5, 0.6) is 5.88 Å². The Kier molecular flexibility index (Phi) is 6.22. The summed E-state index contributed by atoms with van der Waals surface area (Å²) in [6.45, 7) is 1.67. The molecule has 0 saturated heterocycles. The summed E-state index contributed by atoms with van der Waals surface area (Å²) >= 11 is 0. The van der Waals surface area contributed by atoms with Crippen LogP contribution in [0.3, 0.4) is 0 Å². The Morgan fingerprint density at radius 3 is 2.58 bits per heavy atom. The summed E-state index contributed by atoms with van der Waals surface area (Å²) in [5, 5.41) is 6.89. The minimum absolute atomic E-state index is 0.0141. The number of halogens is 4. The molecule has 1 fully saturated rings. The lowest BCUT2D eigenvalue weighted by Gasteiger charge is -2.19. The van der Waals surface area contributed by atoms with E-state index < -0.39 is 23.5 Å². The zero-order valence-electron chi connectivity index (χ0n) is 19.6. The van der Waals surface area contributed by atoms with Crippen molar-refractivity contribution in [3.05, 3.63) is 93.4 Å². The second-order valence-corrected chi connectivity index (χ2v) is 9.77. The molecular formula is C28H25F4NO3. The number of pyridine rings is 1. The smallest absolute Gasteiger partial charge is 0.416 e. The van der Waals surface area contributed by atoms with Crippen molar-refractivity contribution in [2.45, 2.75) is 56.7 Å². The third-order valence-electron chi connectivity index (χ3n) is 7.57. The second-order valence-electron chi connectivity index (χ2n) is 9.77. The summed E-state index contributed by atoms with van der Waals surface area (Å²) in [7, 11) is 0. The molecular weight excluding hydrogens is 474 g/mol. The standard InChI is InChI=1S/C27H23F4NO.CH2O2/c1-14-6-21(18-4-2-3-5-24(18)27(29,30)31)22-9-17(25(28)11-19(14)22)13-33-26-10-16-7-15-8-20(15)23(16)12-32-26;2-1-3/h2-5,9-12,14-15,20-21H,6-8,13H2,1H3;1H,(H,2,3). The molecule has 3 aliphatic rings. The molecule has 1 heterocycles. The van der Waals surface area contributed by atoms with E-state index in [2.05, 4.69) is 4.98 Å². The SMILES string of the molecule is CC1CC(c2ccccc2C(F)(F)F)c2cc(COc3cc4c(cn3)C3CC3C4)c(F)cc21.O=CO. The third kappa shape index (κ3) is 4.45. The molecule has 1 aromatic heterocycles. The first-order chi connectivity index (χ1) is 17.2. The second kappa shape index (κ2) is 9.22. The number of carbonyl (C=O) groups is 1. The average Bonchev–Trinajstić information content (AvgIpc) is 3.41. The molecule has 1 saturated carbocycles. The molecule has 8 heteroatoms. The molecule has 0 spiro atoms. The van der Waals surface area contributed by atoms with E-state index in [0.717, 1.165) is 29.5 Å². The van der Waals surface area contributed by atoms with Gasteiger partial charge in [0.15, 0.2) is 0 Å². The zero-order valence-corrected chi connectivity index (χ0v) is 19.6. The first-order valence-electron chi connectivity index (χ1n) is 11.9. The summed E-state index contributed by atoms with van der Waals surface area (Å²) < 4.78 is 61.7. The highest BCUT2D eigenvalue weighted by molar-refractivity contribution is 5.49. The van der Waals surface area contributed by atoms with E-state index in [1.807, 2.05) is 19.2 Å². The van der Waals surface area contributed by atoms with Crippen molar-refractivity contribution in [1.82, 2.24) is 4.98 Å². The molecule has 0 bridgehead atoms. The molecule has 6 rings (SSSR count). The van der Waals surface area contributed by atoms with Gasteiger partial charge in [0.25, 0.3) is 6.47 Å². The minimum atomic E-state index is -4.44. The van der Waals surface area contributed by atoms with Crippen LogP contribution in [-0.4, -0.2) is 16.6 Å². The van der Waals surface area contributed by atoms with Crippen molar-refractivity contribution in [2.24, 2.45) is 5.92 Å². The maximum atomic E-state index is 14.9. The molecule has 0 amide bonds. The number of ether oxygens (including phenoxy) is 1. The predicted molar refractivity (Wildman–Crippen MR) is 125 cm³/mol. The van der Waals surface area contributed by atoms with Gasteiger partial charge in [-0.3, -0.25) is 4.79 Å². The molecule has 3 aromatic rings. The number of rotatable bonds is 4. The molecule has 3 aliphatic carbocycles. The van der Waals surface area contributed by atoms with E-state index >= 15 is 0 Å². The van der Waals surface area contributed by atoms with Gasteiger partial charge in [0.2, 0.25) is 5.88 Å². The summed E-state index contributed by atoms with van der Waals surface area (Å²) in [5.74, 6) is 0.992. The van der Waals surface area contributed by atoms with Gasteiger partial charge in [-0.05, 0) is 83.0 Å². The highest BCUT2D eigenvalue weighted by atomic mass is 19.4. The van der Waals surface area contributed by atoms with Crippen molar-refractivity contribution in [2.75, 3.05) is 0 Å². The Morgan fingerprint density at radius 2 is 1.83 bits per heavy atom. The molecule has 188 valence electrons. The number of hydrogen-bond donors (Lipinski definition) is 1. The van der Waals surface area contributed by atoms with Crippen LogP contribution in [-0.2, 0) is 24.0 Å². The van der Waals surface area contributed by atoms with Gasteiger partial charge in [0.05, 0.1) is 5.56 Å². The third-order valence-corrected chi connectivity index (χ3v) is 7.57. The van der Waals surface area contributed by atoms with Crippen molar-refractivity contribution in [3.8, 4) is 5.88 Å². The van der Waals surface area contributed by atoms with Crippen LogP contribution in [0.2, 0.25) is 0 Å². The topological polar surface area (TPSA) is 59.4 Å². The van der Waals surface area contributed by atoms with Crippen LogP contribution in [0.25, 0.3) is 0 Å². The van der Waals surface area contributed by atoms with E-state index in [9.17, 15) is 17.6 Å². The van der Waals surface area contributed by atoms with Crippen molar-refractivity contribution < 1.29 is 32.2 Å². The number of benzene rings is 2. The van der Waals surface area contributed by atoms with Crippen molar-refractivity contribution >= 4 is 6.47 Å². The Balaban J connectivity index is 0.000000848. The van der Waals surface area contributed by atoms with Crippen LogP contribution in [0.4, 0.5) is 17.6 Å². The fourth-order valence-corrected chi connectivity index (χ4v) is 5.82. The van der Waals surface area contributed by atoms with Crippen LogP contribution in [0.15, 0.2) is 48.7 Å². The summed E-state index contributed by atoms with van der Waals surface area (Å²) in [4.78, 5) is 12.7. The lowest BCUT2D eigenvalue weighted by Crippen LogP contribution is -2.12. The number of carboxylic acid groups (broad SMARTS) is 1. The van der Waals surface area contributed by atoms with Crippen LogP contribution >= 0.6 is 0 Å².